The summed E-state index contributed by atoms with van der Waals surface area (Å²) in [6.45, 7) is 3.93. The number of rotatable bonds is 5. The fraction of sp³-hybridized carbons (Fsp3) is 0.529. The van der Waals surface area contributed by atoms with Gasteiger partial charge in [0.2, 0.25) is 12.7 Å². The first-order chi connectivity index (χ1) is 12.1. The summed E-state index contributed by atoms with van der Waals surface area (Å²) in [5.41, 5.74) is 0. The highest BCUT2D eigenvalue weighted by atomic mass is 16.7. The minimum atomic E-state index is -0.212. The maximum absolute atomic E-state index is 11.9. The second kappa shape index (κ2) is 7.96. The number of ether oxygens (including phenoxy) is 3. The Kier molecular flexibility index (Phi) is 5.47. The first kappa shape index (κ1) is 17.2. The average molecular weight is 349 g/mol. The number of amides is 3. The molecule has 136 valence electrons. The molecule has 2 aliphatic heterocycles. The van der Waals surface area contributed by atoms with Crippen LogP contribution in [-0.2, 0) is 4.79 Å². The summed E-state index contributed by atoms with van der Waals surface area (Å²) in [6.07, 6.45) is 1.56. The molecule has 0 radical (unpaired) electrons. The highest BCUT2D eigenvalue weighted by Crippen LogP contribution is 2.34. The quantitative estimate of drug-likeness (QED) is 0.777. The molecule has 1 fully saturated rings. The van der Waals surface area contributed by atoms with Crippen LogP contribution in [0.4, 0.5) is 4.79 Å². The Balaban J connectivity index is 1.31. The molecule has 3 rings (SSSR count). The Morgan fingerprint density at radius 3 is 2.76 bits per heavy atom. The van der Waals surface area contributed by atoms with E-state index in [0.717, 1.165) is 12.8 Å². The van der Waals surface area contributed by atoms with E-state index in [4.69, 9.17) is 14.2 Å². The number of fused-ring (bicyclic) bond motifs is 1. The maximum atomic E-state index is 11.9. The average Bonchev–Trinajstić information content (AvgIpc) is 3.07. The van der Waals surface area contributed by atoms with Gasteiger partial charge in [0.25, 0.3) is 0 Å². The lowest BCUT2D eigenvalue weighted by Gasteiger charge is -2.31. The zero-order valence-electron chi connectivity index (χ0n) is 14.2. The van der Waals surface area contributed by atoms with Crippen LogP contribution in [0.2, 0.25) is 0 Å². The molecule has 1 aromatic carbocycles. The van der Waals surface area contributed by atoms with Crippen molar-refractivity contribution in [3.8, 4) is 17.2 Å². The van der Waals surface area contributed by atoms with E-state index < -0.39 is 0 Å². The number of nitrogens with one attached hydrogen (secondary N) is 2. The van der Waals surface area contributed by atoms with Gasteiger partial charge in [-0.3, -0.25) is 4.79 Å². The SMILES string of the molecule is CC(=O)N1CCC(NC(=O)NCCOc2ccc3c(c2)OCO3)CC1. The van der Waals surface area contributed by atoms with Gasteiger partial charge < -0.3 is 29.7 Å². The van der Waals surface area contributed by atoms with Crippen LogP contribution in [0.25, 0.3) is 0 Å². The van der Waals surface area contributed by atoms with Crippen LogP contribution in [-0.4, -0.2) is 55.9 Å². The van der Waals surface area contributed by atoms with Crippen molar-refractivity contribution in [2.24, 2.45) is 0 Å². The van der Waals surface area contributed by atoms with E-state index in [1.807, 2.05) is 0 Å². The third-order valence-electron chi connectivity index (χ3n) is 4.28. The molecule has 2 aliphatic rings. The number of hydrogen-bond donors (Lipinski definition) is 2. The van der Waals surface area contributed by atoms with Gasteiger partial charge in [-0.1, -0.05) is 0 Å². The fourth-order valence-corrected chi connectivity index (χ4v) is 2.88. The number of carbonyl (C=O) groups excluding carboxylic acids is 2. The van der Waals surface area contributed by atoms with Gasteiger partial charge in [0.15, 0.2) is 11.5 Å². The van der Waals surface area contributed by atoms with E-state index in [-0.39, 0.29) is 24.8 Å². The summed E-state index contributed by atoms with van der Waals surface area (Å²) in [4.78, 5) is 25.0. The van der Waals surface area contributed by atoms with E-state index in [2.05, 4.69) is 10.6 Å². The second-order valence-electron chi connectivity index (χ2n) is 6.04. The van der Waals surface area contributed by atoms with Crippen LogP contribution < -0.4 is 24.8 Å². The molecule has 2 heterocycles. The van der Waals surface area contributed by atoms with Gasteiger partial charge in [0, 0.05) is 32.1 Å². The summed E-state index contributed by atoms with van der Waals surface area (Å²) in [5.74, 6) is 2.13. The third-order valence-corrected chi connectivity index (χ3v) is 4.28. The van der Waals surface area contributed by atoms with Gasteiger partial charge in [0.1, 0.15) is 12.4 Å². The Hall–Kier alpha value is -2.64. The molecule has 0 aromatic heterocycles. The molecule has 0 unspecified atom stereocenters. The minimum absolute atomic E-state index is 0.0866. The van der Waals surface area contributed by atoms with Crippen molar-refractivity contribution in [3.05, 3.63) is 18.2 Å². The summed E-state index contributed by atoms with van der Waals surface area (Å²) in [7, 11) is 0. The Labute approximate surface area is 146 Å². The summed E-state index contributed by atoms with van der Waals surface area (Å²) >= 11 is 0. The summed E-state index contributed by atoms with van der Waals surface area (Å²) in [6, 6.07) is 5.26. The van der Waals surface area contributed by atoms with Gasteiger partial charge in [-0.05, 0) is 25.0 Å². The normalized spacial score (nSPS) is 16.4. The van der Waals surface area contributed by atoms with Crippen molar-refractivity contribution in [2.45, 2.75) is 25.8 Å². The minimum Gasteiger partial charge on any atom is -0.492 e. The molecule has 0 saturated carbocycles. The predicted octanol–water partition coefficient (Wildman–Crippen LogP) is 1.10. The number of carbonyl (C=O) groups is 2. The molecule has 8 heteroatoms. The molecule has 1 aromatic rings. The molecule has 3 amide bonds. The monoisotopic (exact) mass is 349 g/mol. The molecule has 0 atom stereocenters. The van der Waals surface area contributed by atoms with Gasteiger partial charge >= 0.3 is 6.03 Å². The highest BCUT2D eigenvalue weighted by Gasteiger charge is 2.21. The van der Waals surface area contributed by atoms with E-state index in [1.54, 1.807) is 30.0 Å². The van der Waals surface area contributed by atoms with Crippen molar-refractivity contribution in [1.29, 1.82) is 0 Å². The Morgan fingerprint density at radius 1 is 1.24 bits per heavy atom. The van der Waals surface area contributed by atoms with Crippen LogP contribution in [0, 0.1) is 0 Å². The standard InChI is InChI=1S/C17H23N3O5/c1-12(21)20-7-4-13(5-8-20)19-17(22)18-6-9-23-14-2-3-15-16(10-14)25-11-24-15/h2-3,10,13H,4-9,11H2,1H3,(H2,18,19,22). The number of piperidine rings is 1. The zero-order chi connectivity index (χ0) is 17.6. The largest absolute Gasteiger partial charge is 0.492 e. The molecular weight excluding hydrogens is 326 g/mol. The molecular formula is C17H23N3O5. The number of likely N-dealkylation sites (tertiary alicyclic amines) is 1. The Bertz CT molecular complexity index is 629. The number of hydrogen-bond acceptors (Lipinski definition) is 5. The van der Waals surface area contributed by atoms with Crippen molar-refractivity contribution >= 4 is 11.9 Å². The van der Waals surface area contributed by atoms with Crippen LogP contribution in [0.5, 0.6) is 17.2 Å². The van der Waals surface area contributed by atoms with Crippen LogP contribution in [0.1, 0.15) is 19.8 Å². The highest BCUT2D eigenvalue weighted by molar-refractivity contribution is 5.74. The van der Waals surface area contributed by atoms with Crippen molar-refractivity contribution in [2.75, 3.05) is 33.0 Å². The van der Waals surface area contributed by atoms with Crippen LogP contribution >= 0.6 is 0 Å². The predicted molar refractivity (Wildman–Crippen MR) is 89.9 cm³/mol. The van der Waals surface area contributed by atoms with Gasteiger partial charge in [-0.25, -0.2) is 4.79 Å². The van der Waals surface area contributed by atoms with Crippen LogP contribution in [0.3, 0.4) is 0 Å². The number of nitrogens with zero attached hydrogens (tertiary/aromatic N) is 1. The lowest BCUT2D eigenvalue weighted by atomic mass is 10.1. The second-order valence-corrected chi connectivity index (χ2v) is 6.04. The molecule has 25 heavy (non-hydrogen) atoms. The molecule has 0 aliphatic carbocycles. The zero-order valence-corrected chi connectivity index (χ0v) is 14.2. The summed E-state index contributed by atoms with van der Waals surface area (Å²) < 4.78 is 16.1. The maximum Gasteiger partial charge on any atom is 0.315 e. The van der Waals surface area contributed by atoms with Crippen molar-refractivity contribution < 1.29 is 23.8 Å². The fourth-order valence-electron chi connectivity index (χ4n) is 2.88. The molecule has 0 bridgehead atoms. The van der Waals surface area contributed by atoms with Gasteiger partial charge in [-0.15, -0.1) is 0 Å². The summed E-state index contributed by atoms with van der Waals surface area (Å²) in [5, 5.41) is 5.71. The van der Waals surface area contributed by atoms with E-state index in [9.17, 15) is 9.59 Å². The lowest BCUT2D eigenvalue weighted by molar-refractivity contribution is -0.129. The molecule has 0 spiro atoms. The van der Waals surface area contributed by atoms with Crippen molar-refractivity contribution in [3.63, 3.8) is 0 Å². The molecule has 8 nitrogen and oxygen atoms in total. The van der Waals surface area contributed by atoms with E-state index >= 15 is 0 Å². The Morgan fingerprint density at radius 2 is 2.00 bits per heavy atom. The smallest absolute Gasteiger partial charge is 0.315 e. The molecule has 2 N–H and O–H groups in total. The lowest BCUT2D eigenvalue weighted by Crippen LogP contribution is -2.49. The first-order valence-corrected chi connectivity index (χ1v) is 8.44. The topological polar surface area (TPSA) is 89.1 Å². The van der Waals surface area contributed by atoms with Gasteiger partial charge in [0.05, 0.1) is 6.54 Å². The van der Waals surface area contributed by atoms with Gasteiger partial charge in [-0.2, -0.15) is 0 Å². The van der Waals surface area contributed by atoms with E-state index in [0.29, 0.717) is 43.5 Å². The van der Waals surface area contributed by atoms with Crippen LogP contribution in [0.15, 0.2) is 18.2 Å². The van der Waals surface area contributed by atoms with E-state index in [1.165, 1.54) is 0 Å². The number of benzene rings is 1. The first-order valence-electron chi connectivity index (χ1n) is 8.44. The van der Waals surface area contributed by atoms with Crippen molar-refractivity contribution in [1.82, 2.24) is 15.5 Å². The third kappa shape index (κ3) is 4.68. The number of urea groups is 1. The molecule has 1 saturated heterocycles.